The summed E-state index contributed by atoms with van der Waals surface area (Å²) in [4.78, 5) is 33.4. The van der Waals surface area contributed by atoms with Crippen LogP contribution < -0.4 is 19.9 Å². The second-order valence-electron chi connectivity index (χ2n) is 11.1. The zero-order valence-electron chi connectivity index (χ0n) is 23.9. The van der Waals surface area contributed by atoms with Gasteiger partial charge in [0, 0.05) is 31.7 Å². The summed E-state index contributed by atoms with van der Waals surface area (Å²) in [5, 5.41) is 17.2. The molecule has 2 N–H and O–H groups in total. The molecule has 0 spiro atoms. The van der Waals surface area contributed by atoms with Gasteiger partial charge in [-0.25, -0.2) is 4.98 Å². The Morgan fingerprint density at radius 3 is 2.66 bits per heavy atom. The van der Waals surface area contributed by atoms with Gasteiger partial charge in [-0.3, -0.25) is 9.69 Å². The second-order valence-corrected chi connectivity index (χ2v) is 11.1. The maximum absolute atomic E-state index is 13.2. The van der Waals surface area contributed by atoms with Crippen molar-refractivity contribution < 1.29 is 19.2 Å². The molecule has 218 valence electrons. The quantitative estimate of drug-likeness (QED) is 0.416. The van der Waals surface area contributed by atoms with Gasteiger partial charge < -0.3 is 29.5 Å². The predicted octanol–water partition coefficient (Wildman–Crippen LogP) is 3.74. The molecule has 0 unspecified atom stereocenters. The van der Waals surface area contributed by atoms with Gasteiger partial charge in [-0.1, -0.05) is 24.9 Å². The van der Waals surface area contributed by atoms with Crippen LogP contribution in [-0.4, -0.2) is 81.5 Å². The van der Waals surface area contributed by atoms with Gasteiger partial charge in [-0.05, 0) is 50.3 Å². The summed E-state index contributed by atoms with van der Waals surface area (Å²) < 4.78 is 11.2. The topological polar surface area (TPSA) is 133 Å². The number of aromatic nitrogens is 4. The lowest BCUT2D eigenvalue weighted by Gasteiger charge is -2.43. The third kappa shape index (κ3) is 5.45. The third-order valence-electron chi connectivity index (χ3n) is 8.50. The molecule has 12 nitrogen and oxygen atoms in total. The SMILES string of the molecule is CC[C@@H]1C(=O)N(C)c2cnc(Nc3ccc(-c4noc(CN5CCC(O)CC5)n4)cc3OC)nc2N1C1CCCC1. The van der Waals surface area contributed by atoms with Gasteiger partial charge in [0.2, 0.25) is 23.6 Å². The minimum absolute atomic E-state index is 0.0906. The van der Waals surface area contributed by atoms with Gasteiger partial charge in [0.15, 0.2) is 5.82 Å². The Kier molecular flexibility index (Phi) is 7.76. The second kappa shape index (κ2) is 11.6. The lowest BCUT2D eigenvalue weighted by molar-refractivity contribution is -0.120. The number of amides is 1. The van der Waals surface area contributed by atoms with Crippen LogP contribution in [0.4, 0.5) is 23.1 Å². The molecular formula is C29H38N8O4. The van der Waals surface area contributed by atoms with Crippen LogP contribution in [0.1, 0.15) is 57.8 Å². The molecule has 1 aromatic carbocycles. The molecule has 2 aliphatic heterocycles. The van der Waals surface area contributed by atoms with Crippen molar-refractivity contribution in [3.8, 4) is 17.1 Å². The number of aliphatic hydroxyl groups excluding tert-OH is 1. The maximum Gasteiger partial charge on any atom is 0.249 e. The van der Waals surface area contributed by atoms with Crippen molar-refractivity contribution in [2.75, 3.05) is 42.4 Å². The Bertz CT molecular complexity index is 1380. The first-order chi connectivity index (χ1) is 19.9. The van der Waals surface area contributed by atoms with Gasteiger partial charge >= 0.3 is 0 Å². The molecule has 0 radical (unpaired) electrons. The summed E-state index contributed by atoms with van der Waals surface area (Å²) in [5.74, 6) is 2.93. The van der Waals surface area contributed by atoms with E-state index in [2.05, 4.69) is 37.2 Å². The minimum Gasteiger partial charge on any atom is -0.495 e. The van der Waals surface area contributed by atoms with Crippen molar-refractivity contribution in [2.24, 2.45) is 0 Å². The number of hydrogen-bond acceptors (Lipinski definition) is 11. The number of carbonyl (C=O) groups is 1. The average Bonchev–Trinajstić information content (AvgIpc) is 3.69. The summed E-state index contributed by atoms with van der Waals surface area (Å²) in [7, 11) is 3.41. The molecule has 6 rings (SSSR count). The molecule has 1 amide bonds. The van der Waals surface area contributed by atoms with Crippen LogP contribution in [0.2, 0.25) is 0 Å². The van der Waals surface area contributed by atoms with Crippen molar-refractivity contribution in [3.63, 3.8) is 0 Å². The van der Waals surface area contributed by atoms with Crippen LogP contribution >= 0.6 is 0 Å². The third-order valence-corrected chi connectivity index (χ3v) is 8.50. The number of nitrogens with one attached hydrogen (secondary N) is 1. The minimum atomic E-state index is -0.228. The number of likely N-dealkylation sites (tertiary alicyclic amines) is 1. The zero-order valence-corrected chi connectivity index (χ0v) is 23.9. The smallest absolute Gasteiger partial charge is 0.249 e. The first-order valence-electron chi connectivity index (χ1n) is 14.6. The molecule has 0 bridgehead atoms. The number of benzene rings is 1. The fourth-order valence-electron chi connectivity index (χ4n) is 6.20. The van der Waals surface area contributed by atoms with Crippen molar-refractivity contribution >= 4 is 29.0 Å². The van der Waals surface area contributed by atoms with E-state index in [9.17, 15) is 9.90 Å². The van der Waals surface area contributed by atoms with Crippen LogP contribution in [-0.2, 0) is 11.3 Å². The number of aliphatic hydroxyl groups is 1. The van der Waals surface area contributed by atoms with E-state index < -0.39 is 0 Å². The highest BCUT2D eigenvalue weighted by molar-refractivity contribution is 6.04. The van der Waals surface area contributed by atoms with E-state index in [-0.39, 0.29) is 18.1 Å². The number of piperidine rings is 1. The molecular weight excluding hydrogens is 524 g/mol. The average molecular weight is 563 g/mol. The number of carbonyl (C=O) groups excluding carboxylic acids is 1. The van der Waals surface area contributed by atoms with Crippen molar-refractivity contribution in [1.29, 1.82) is 0 Å². The summed E-state index contributed by atoms with van der Waals surface area (Å²) >= 11 is 0. The van der Waals surface area contributed by atoms with E-state index in [1.807, 2.05) is 18.2 Å². The van der Waals surface area contributed by atoms with Crippen LogP contribution in [0.15, 0.2) is 28.9 Å². The van der Waals surface area contributed by atoms with E-state index in [1.165, 1.54) is 12.8 Å². The molecule has 12 heteroatoms. The number of likely N-dealkylation sites (N-methyl/N-ethyl adjacent to an activating group) is 1. The molecule has 1 aliphatic carbocycles. The molecule has 4 heterocycles. The van der Waals surface area contributed by atoms with E-state index in [1.54, 1.807) is 25.3 Å². The number of rotatable bonds is 8. The van der Waals surface area contributed by atoms with E-state index in [0.29, 0.717) is 41.7 Å². The van der Waals surface area contributed by atoms with Crippen LogP contribution in [0.25, 0.3) is 11.4 Å². The summed E-state index contributed by atoms with van der Waals surface area (Å²) in [6.07, 6.45) is 8.20. The van der Waals surface area contributed by atoms with E-state index in [4.69, 9.17) is 14.2 Å². The molecule has 3 aromatic rings. The molecule has 2 fully saturated rings. The highest BCUT2D eigenvalue weighted by Crippen LogP contribution is 2.40. The lowest BCUT2D eigenvalue weighted by atomic mass is 10.0. The highest BCUT2D eigenvalue weighted by atomic mass is 16.5. The fraction of sp³-hybridized carbons (Fsp3) is 0.552. The van der Waals surface area contributed by atoms with Crippen molar-refractivity contribution in [2.45, 2.75) is 76.6 Å². The van der Waals surface area contributed by atoms with E-state index >= 15 is 0 Å². The first kappa shape index (κ1) is 27.4. The molecule has 1 saturated carbocycles. The number of fused-ring (bicyclic) bond motifs is 1. The van der Waals surface area contributed by atoms with E-state index in [0.717, 1.165) is 62.3 Å². The van der Waals surface area contributed by atoms with Gasteiger partial charge in [0.05, 0.1) is 31.6 Å². The Labute approximate surface area is 239 Å². The monoisotopic (exact) mass is 562 g/mol. The number of hydrogen-bond donors (Lipinski definition) is 2. The molecule has 3 aliphatic rings. The zero-order chi connectivity index (χ0) is 28.5. The first-order valence-corrected chi connectivity index (χ1v) is 14.6. The summed E-state index contributed by atoms with van der Waals surface area (Å²) in [6.45, 7) is 4.23. The Morgan fingerprint density at radius 1 is 1.15 bits per heavy atom. The largest absolute Gasteiger partial charge is 0.495 e. The molecule has 1 atom stereocenters. The normalized spacial score (nSPS) is 20.5. The number of nitrogens with zero attached hydrogens (tertiary/aromatic N) is 7. The number of ether oxygens (including phenoxy) is 1. The Balaban J connectivity index is 1.23. The van der Waals surface area contributed by atoms with Crippen LogP contribution in [0.3, 0.4) is 0 Å². The number of methoxy groups -OCH3 is 1. The van der Waals surface area contributed by atoms with Crippen molar-refractivity contribution in [1.82, 2.24) is 25.0 Å². The highest BCUT2D eigenvalue weighted by Gasteiger charge is 2.41. The van der Waals surface area contributed by atoms with Gasteiger partial charge in [0.25, 0.3) is 0 Å². The van der Waals surface area contributed by atoms with Crippen molar-refractivity contribution in [3.05, 3.63) is 30.3 Å². The van der Waals surface area contributed by atoms with Crippen LogP contribution in [0, 0.1) is 0 Å². The Hall–Kier alpha value is -3.77. The van der Waals surface area contributed by atoms with Crippen LogP contribution in [0.5, 0.6) is 5.75 Å². The fourth-order valence-corrected chi connectivity index (χ4v) is 6.20. The Morgan fingerprint density at radius 2 is 1.93 bits per heavy atom. The molecule has 2 aromatic heterocycles. The summed E-state index contributed by atoms with van der Waals surface area (Å²) in [6, 6.07) is 5.72. The summed E-state index contributed by atoms with van der Waals surface area (Å²) in [5.41, 5.74) is 2.20. The maximum atomic E-state index is 13.2. The standard InChI is InChI=1S/C29H38N8O4/c1-4-22-28(39)35(2)23-16-30-29(33-27(23)37(22)19-7-5-6-8-19)31-21-10-9-18(15-24(21)40-3)26-32-25(41-34-26)17-36-13-11-20(38)12-14-36/h9-10,15-16,19-20,22,38H,4-8,11-14,17H2,1-3H3,(H,30,31,33)/t22-/m1/s1. The molecule has 1 saturated heterocycles. The number of anilines is 4. The van der Waals surface area contributed by atoms with Gasteiger partial charge in [-0.15, -0.1) is 0 Å². The van der Waals surface area contributed by atoms with Gasteiger partial charge in [-0.2, -0.15) is 9.97 Å². The molecule has 41 heavy (non-hydrogen) atoms. The lowest BCUT2D eigenvalue weighted by Crippen LogP contribution is -2.55. The predicted molar refractivity (Wildman–Crippen MR) is 154 cm³/mol. The van der Waals surface area contributed by atoms with Gasteiger partial charge in [0.1, 0.15) is 17.5 Å².